The summed E-state index contributed by atoms with van der Waals surface area (Å²) in [7, 11) is -3.68. The van der Waals surface area contributed by atoms with Crippen LogP contribution in [-0.4, -0.2) is 54.5 Å². The number of imidazole rings is 1. The number of aromatic nitrogens is 2. The van der Waals surface area contributed by atoms with E-state index in [4.69, 9.17) is 9.47 Å². The third-order valence-electron chi connectivity index (χ3n) is 6.65. The van der Waals surface area contributed by atoms with Gasteiger partial charge in [-0.1, -0.05) is 12.1 Å². The van der Waals surface area contributed by atoms with E-state index in [0.29, 0.717) is 57.2 Å². The van der Waals surface area contributed by atoms with E-state index in [9.17, 15) is 13.2 Å². The molecule has 3 heterocycles. The summed E-state index contributed by atoms with van der Waals surface area (Å²) in [5.74, 6) is 1.54. The zero-order valence-corrected chi connectivity index (χ0v) is 20.6. The molecule has 186 valence electrons. The Kier molecular flexibility index (Phi) is 6.66. The lowest BCUT2D eigenvalue weighted by atomic mass is 9.97. The van der Waals surface area contributed by atoms with Crippen LogP contribution in [-0.2, 0) is 27.9 Å². The molecular weight excluding hydrogens is 468 g/mol. The molecule has 5 rings (SSSR count). The van der Waals surface area contributed by atoms with Crippen molar-refractivity contribution in [2.24, 2.45) is 5.92 Å². The van der Waals surface area contributed by atoms with Crippen molar-refractivity contribution in [3.63, 3.8) is 0 Å². The number of hydrogen-bond donors (Lipinski definition) is 1. The highest BCUT2D eigenvalue weighted by molar-refractivity contribution is 7.89. The number of aryl methyl sites for hydroxylation is 1. The highest BCUT2D eigenvalue weighted by Crippen LogP contribution is 2.33. The smallest absolute Gasteiger partial charge is 0.243 e. The number of carbonyl (C=O) groups is 1. The average molecular weight is 499 g/mol. The summed E-state index contributed by atoms with van der Waals surface area (Å²) in [5.41, 5.74) is 1.96. The zero-order chi connectivity index (χ0) is 24.4. The first-order valence-corrected chi connectivity index (χ1v) is 13.5. The number of rotatable bonds is 6. The number of nitrogens with one attached hydrogen (secondary N) is 1. The van der Waals surface area contributed by atoms with Gasteiger partial charge in [0, 0.05) is 38.0 Å². The molecule has 2 aromatic carbocycles. The van der Waals surface area contributed by atoms with E-state index < -0.39 is 10.0 Å². The highest BCUT2D eigenvalue weighted by Gasteiger charge is 2.33. The maximum absolute atomic E-state index is 13.2. The SMILES string of the molecule is CCn1c(CNC(=O)C2CCN(S(=O)(=O)c3ccc4c(c3)OCCCO4)CC2)nc2ccccc21. The van der Waals surface area contributed by atoms with Gasteiger partial charge >= 0.3 is 0 Å². The van der Waals surface area contributed by atoms with Crippen molar-refractivity contribution < 1.29 is 22.7 Å². The van der Waals surface area contributed by atoms with Gasteiger partial charge in [-0.2, -0.15) is 4.31 Å². The maximum Gasteiger partial charge on any atom is 0.243 e. The monoisotopic (exact) mass is 498 g/mol. The van der Waals surface area contributed by atoms with E-state index in [0.717, 1.165) is 29.8 Å². The van der Waals surface area contributed by atoms with E-state index >= 15 is 0 Å². The van der Waals surface area contributed by atoms with Crippen molar-refractivity contribution >= 4 is 27.0 Å². The van der Waals surface area contributed by atoms with Gasteiger partial charge in [-0.15, -0.1) is 0 Å². The number of nitrogens with zero attached hydrogens (tertiary/aromatic N) is 3. The number of ether oxygens (including phenoxy) is 2. The quantitative estimate of drug-likeness (QED) is 0.561. The number of fused-ring (bicyclic) bond motifs is 2. The van der Waals surface area contributed by atoms with Gasteiger partial charge in [0.1, 0.15) is 5.82 Å². The van der Waals surface area contributed by atoms with Crippen molar-refractivity contribution in [3.8, 4) is 11.5 Å². The van der Waals surface area contributed by atoms with Gasteiger partial charge in [0.05, 0.1) is 35.7 Å². The van der Waals surface area contributed by atoms with Crippen LogP contribution in [0.4, 0.5) is 0 Å². The molecular formula is C25H30N4O5S. The van der Waals surface area contributed by atoms with Gasteiger partial charge < -0.3 is 19.4 Å². The van der Waals surface area contributed by atoms with Crippen molar-refractivity contribution in [1.29, 1.82) is 0 Å². The molecule has 0 saturated carbocycles. The van der Waals surface area contributed by atoms with Crippen molar-refractivity contribution in [3.05, 3.63) is 48.3 Å². The second-order valence-electron chi connectivity index (χ2n) is 8.82. The minimum atomic E-state index is -3.68. The Bertz CT molecular complexity index is 1330. The zero-order valence-electron chi connectivity index (χ0n) is 19.8. The molecule has 1 N–H and O–H groups in total. The van der Waals surface area contributed by atoms with Gasteiger partial charge in [0.15, 0.2) is 11.5 Å². The van der Waals surface area contributed by atoms with Crippen LogP contribution in [0.3, 0.4) is 0 Å². The number of amides is 1. The van der Waals surface area contributed by atoms with Crippen LogP contribution in [0.1, 0.15) is 32.0 Å². The second kappa shape index (κ2) is 9.87. The largest absolute Gasteiger partial charge is 0.490 e. The minimum absolute atomic E-state index is 0.0627. The molecule has 0 aliphatic carbocycles. The molecule has 1 aromatic heterocycles. The lowest BCUT2D eigenvalue weighted by Crippen LogP contribution is -2.43. The summed E-state index contributed by atoms with van der Waals surface area (Å²) < 4.78 is 41.2. The van der Waals surface area contributed by atoms with E-state index in [1.807, 2.05) is 24.3 Å². The molecule has 2 aliphatic rings. The topological polar surface area (TPSA) is 103 Å². The third-order valence-corrected chi connectivity index (χ3v) is 8.55. The predicted molar refractivity (Wildman–Crippen MR) is 131 cm³/mol. The maximum atomic E-state index is 13.2. The standard InChI is InChI=1S/C25H30N4O5S/c1-2-29-21-7-4-3-6-20(21)27-24(29)17-26-25(30)18-10-12-28(13-11-18)35(31,32)19-8-9-22-23(16-19)34-15-5-14-33-22/h3-4,6-9,16,18H,2,5,10-15,17H2,1H3,(H,26,30). The van der Waals surface area contributed by atoms with E-state index in [1.54, 1.807) is 12.1 Å². The van der Waals surface area contributed by atoms with E-state index in [1.165, 1.54) is 10.4 Å². The number of para-hydroxylation sites is 2. The van der Waals surface area contributed by atoms with Crippen molar-refractivity contribution in [2.75, 3.05) is 26.3 Å². The van der Waals surface area contributed by atoms with Gasteiger partial charge in [-0.3, -0.25) is 4.79 Å². The Morgan fingerprint density at radius 3 is 2.60 bits per heavy atom. The van der Waals surface area contributed by atoms with Gasteiger partial charge in [-0.25, -0.2) is 13.4 Å². The van der Waals surface area contributed by atoms with Gasteiger partial charge in [0.2, 0.25) is 15.9 Å². The van der Waals surface area contributed by atoms with Gasteiger partial charge in [-0.05, 0) is 44.0 Å². The Morgan fingerprint density at radius 2 is 1.83 bits per heavy atom. The van der Waals surface area contributed by atoms with Crippen LogP contribution in [0, 0.1) is 5.92 Å². The van der Waals surface area contributed by atoms with Gasteiger partial charge in [0.25, 0.3) is 0 Å². The lowest BCUT2D eigenvalue weighted by Gasteiger charge is -2.30. The normalized spacial score (nSPS) is 17.3. The summed E-state index contributed by atoms with van der Waals surface area (Å²) in [6, 6.07) is 12.7. The molecule has 3 aromatic rings. The summed E-state index contributed by atoms with van der Waals surface area (Å²) in [6.07, 6.45) is 1.70. The lowest BCUT2D eigenvalue weighted by molar-refractivity contribution is -0.126. The predicted octanol–water partition coefficient (Wildman–Crippen LogP) is 2.93. The van der Waals surface area contributed by atoms with Crippen LogP contribution in [0.5, 0.6) is 11.5 Å². The minimum Gasteiger partial charge on any atom is -0.490 e. The molecule has 10 heteroatoms. The Balaban J connectivity index is 1.20. The molecule has 0 atom stereocenters. The summed E-state index contributed by atoms with van der Waals surface area (Å²) in [6.45, 7) is 4.79. The second-order valence-corrected chi connectivity index (χ2v) is 10.8. The van der Waals surface area contributed by atoms with Crippen molar-refractivity contribution in [2.45, 2.75) is 44.2 Å². The number of piperidine rings is 1. The first-order valence-electron chi connectivity index (χ1n) is 12.1. The molecule has 0 spiro atoms. The van der Waals surface area contributed by atoms with Crippen LogP contribution in [0.2, 0.25) is 0 Å². The molecule has 35 heavy (non-hydrogen) atoms. The number of benzene rings is 2. The Morgan fingerprint density at radius 1 is 1.09 bits per heavy atom. The molecule has 2 aliphatic heterocycles. The molecule has 1 saturated heterocycles. The molecule has 0 radical (unpaired) electrons. The number of carbonyl (C=O) groups excluding carboxylic acids is 1. The average Bonchev–Trinajstić information content (AvgIpc) is 3.07. The summed E-state index contributed by atoms with van der Waals surface area (Å²) in [4.78, 5) is 17.7. The molecule has 1 amide bonds. The molecule has 0 unspecified atom stereocenters. The summed E-state index contributed by atoms with van der Waals surface area (Å²) >= 11 is 0. The number of sulfonamides is 1. The van der Waals surface area contributed by atoms with E-state index in [-0.39, 0.29) is 16.7 Å². The molecule has 0 bridgehead atoms. The van der Waals surface area contributed by atoms with Crippen LogP contribution >= 0.6 is 0 Å². The van der Waals surface area contributed by atoms with Crippen LogP contribution < -0.4 is 14.8 Å². The van der Waals surface area contributed by atoms with Crippen LogP contribution in [0.25, 0.3) is 11.0 Å². The third kappa shape index (κ3) is 4.72. The number of hydrogen-bond acceptors (Lipinski definition) is 6. The van der Waals surface area contributed by atoms with E-state index in [2.05, 4.69) is 21.8 Å². The molecule has 9 nitrogen and oxygen atoms in total. The molecule has 1 fully saturated rings. The summed E-state index contributed by atoms with van der Waals surface area (Å²) in [5, 5.41) is 3.01. The first kappa shape index (κ1) is 23.6. The fourth-order valence-corrected chi connectivity index (χ4v) is 6.22. The first-order chi connectivity index (χ1) is 17.0. The highest BCUT2D eigenvalue weighted by atomic mass is 32.2. The fraction of sp³-hybridized carbons (Fsp3) is 0.440. The fourth-order valence-electron chi connectivity index (χ4n) is 4.74. The Labute approximate surface area is 205 Å². The van der Waals surface area contributed by atoms with Crippen LogP contribution in [0.15, 0.2) is 47.4 Å². The Hall–Kier alpha value is -3.11. The van der Waals surface area contributed by atoms with Crippen molar-refractivity contribution in [1.82, 2.24) is 19.2 Å².